The van der Waals surface area contributed by atoms with Gasteiger partial charge in [-0.25, -0.2) is 4.79 Å². The van der Waals surface area contributed by atoms with Crippen LogP contribution in [0.2, 0.25) is 0 Å². The van der Waals surface area contributed by atoms with Crippen LogP contribution in [0.15, 0.2) is 18.2 Å². The van der Waals surface area contributed by atoms with Gasteiger partial charge < -0.3 is 25.4 Å². The van der Waals surface area contributed by atoms with Gasteiger partial charge in [0.2, 0.25) is 5.91 Å². The van der Waals surface area contributed by atoms with Gasteiger partial charge in [0.05, 0.1) is 7.11 Å². The molecule has 1 aromatic rings. The molecule has 0 aromatic heterocycles. The first-order chi connectivity index (χ1) is 10.2. The molecule has 0 aliphatic rings. The van der Waals surface area contributed by atoms with E-state index in [1.54, 1.807) is 6.07 Å². The number of nitrogens with one attached hydrogen (secondary N) is 1. The number of methoxy groups -OCH3 is 1. The van der Waals surface area contributed by atoms with Gasteiger partial charge >= 0.3 is 5.97 Å². The topological polar surface area (TPSA) is 133 Å². The van der Waals surface area contributed by atoms with E-state index in [4.69, 9.17) is 19.7 Å². The van der Waals surface area contributed by atoms with Gasteiger partial charge in [-0.2, -0.15) is 0 Å². The van der Waals surface area contributed by atoms with Crippen molar-refractivity contribution in [2.75, 3.05) is 7.11 Å². The van der Waals surface area contributed by atoms with Crippen LogP contribution in [0.4, 0.5) is 0 Å². The van der Waals surface area contributed by atoms with Crippen LogP contribution in [0.5, 0.6) is 11.5 Å². The summed E-state index contributed by atoms with van der Waals surface area (Å²) in [7, 11) is 1.40. The molecular formula is C14H19NO7. The quantitative estimate of drug-likeness (QED) is 0.626. The summed E-state index contributed by atoms with van der Waals surface area (Å²) in [5.41, 5.74) is 0.644. The standard InChI is InChI=1S/C12H15NO5.C2H4O2/c1-7(14)13-9(12(16)17)5-8-3-4-10(15)11(6-8)18-2;1-2(3)4/h3-4,6,9,15H,5H2,1-2H3,(H,13,14)(H,16,17);1H3,(H,3,4)/t9-;/m1./s1. The molecule has 0 saturated heterocycles. The number of hydrogen-bond acceptors (Lipinski definition) is 5. The van der Waals surface area contributed by atoms with Gasteiger partial charge in [-0.05, 0) is 17.7 Å². The monoisotopic (exact) mass is 313 g/mol. The van der Waals surface area contributed by atoms with Crippen molar-refractivity contribution in [1.29, 1.82) is 0 Å². The third-order valence-electron chi connectivity index (χ3n) is 2.36. The van der Waals surface area contributed by atoms with E-state index in [1.807, 2.05) is 0 Å². The Balaban J connectivity index is 0.000000980. The normalized spacial score (nSPS) is 10.7. The molecule has 0 aliphatic carbocycles. The molecule has 122 valence electrons. The van der Waals surface area contributed by atoms with E-state index >= 15 is 0 Å². The molecule has 4 N–H and O–H groups in total. The summed E-state index contributed by atoms with van der Waals surface area (Å²) in [5.74, 6) is -2.11. The Hall–Kier alpha value is -2.77. The molecule has 0 unspecified atom stereocenters. The Labute approximate surface area is 127 Å². The highest BCUT2D eigenvalue weighted by atomic mass is 16.5. The Bertz CT molecular complexity index is 538. The van der Waals surface area contributed by atoms with Gasteiger partial charge in [0, 0.05) is 20.3 Å². The van der Waals surface area contributed by atoms with Crippen molar-refractivity contribution in [2.24, 2.45) is 0 Å². The van der Waals surface area contributed by atoms with Crippen LogP contribution in [0.1, 0.15) is 19.4 Å². The molecule has 0 saturated carbocycles. The summed E-state index contributed by atoms with van der Waals surface area (Å²) in [6, 6.07) is 3.53. The number of phenolic OH excluding ortho intramolecular Hbond substituents is 1. The number of carboxylic acid groups (broad SMARTS) is 2. The largest absolute Gasteiger partial charge is 0.504 e. The summed E-state index contributed by atoms with van der Waals surface area (Å²) in [4.78, 5) is 30.9. The Morgan fingerprint density at radius 2 is 1.77 bits per heavy atom. The van der Waals surface area contributed by atoms with Gasteiger partial charge in [-0.15, -0.1) is 0 Å². The van der Waals surface area contributed by atoms with Crippen molar-refractivity contribution in [1.82, 2.24) is 5.32 Å². The van der Waals surface area contributed by atoms with Gasteiger partial charge in [0.15, 0.2) is 11.5 Å². The number of benzene rings is 1. The number of ether oxygens (including phenoxy) is 1. The smallest absolute Gasteiger partial charge is 0.326 e. The second kappa shape index (κ2) is 9.22. The SMILES string of the molecule is CC(=O)O.COc1cc(C[C@@H](NC(C)=O)C(=O)O)ccc1O. The van der Waals surface area contributed by atoms with Crippen LogP contribution in [-0.2, 0) is 20.8 Å². The van der Waals surface area contributed by atoms with Crippen LogP contribution in [0.25, 0.3) is 0 Å². The van der Waals surface area contributed by atoms with E-state index in [0.717, 1.165) is 6.92 Å². The molecule has 1 aromatic carbocycles. The van der Waals surface area contributed by atoms with Crippen molar-refractivity contribution in [3.63, 3.8) is 0 Å². The van der Waals surface area contributed by atoms with Gasteiger partial charge in [-0.3, -0.25) is 9.59 Å². The maximum Gasteiger partial charge on any atom is 0.326 e. The molecule has 0 radical (unpaired) electrons. The number of carboxylic acids is 2. The van der Waals surface area contributed by atoms with Crippen molar-refractivity contribution in [3.8, 4) is 11.5 Å². The van der Waals surface area contributed by atoms with Crippen molar-refractivity contribution < 1.29 is 34.4 Å². The fourth-order valence-corrected chi connectivity index (χ4v) is 1.53. The van der Waals surface area contributed by atoms with Crippen molar-refractivity contribution >= 4 is 17.8 Å². The van der Waals surface area contributed by atoms with E-state index in [-0.39, 0.29) is 17.9 Å². The van der Waals surface area contributed by atoms with Crippen molar-refractivity contribution in [2.45, 2.75) is 26.3 Å². The molecule has 0 fully saturated rings. The van der Waals surface area contributed by atoms with Crippen LogP contribution in [0.3, 0.4) is 0 Å². The number of amides is 1. The highest BCUT2D eigenvalue weighted by molar-refractivity contribution is 5.82. The van der Waals surface area contributed by atoms with Gasteiger partial charge in [-0.1, -0.05) is 6.07 Å². The number of aliphatic carboxylic acids is 2. The van der Waals surface area contributed by atoms with Crippen LogP contribution in [0, 0.1) is 0 Å². The highest BCUT2D eigenvalue weighted by Crippen LogP contribution is 2.26. The fourth-order valence-electron chi connectivity index (χ4n) is 1.53. The first-order valence-corrected chi connectivity index (χ1v) is 6.22. The number of aromatic hydroxyl groups is 1. The van der Waals surface area contributed by atoms with E-state index in [2.05, 4.69) is 5.32 Å². The molecule has 0 bridgehead atoms. The maximum atomic E-state index is 11.0. The van der Waals surface area contributed by atoms with Crippen LogP contribution >= 0.6 is 0 Å². The number of carbonyl (C=O) groups is 3. The van der Waals surface area contributed by atoms with E-state index in [0.29, 0.717) is 5.56 Å². The lowest BCUT2D eigenvalue weighted by Crippen LogP contribution is -2.41. The minimum absolute atomic E-state index is 0.0207. The molecule has 1 atom stereocenters. The van der Waals surface area contributed by atoms with E-state index in [1.165, 1.54) is 26.2 Å². The lowest BCUT2D eigenvalue weighted by Gasteiger charge is -2.14. The third-order valence-corrected chi connectivity index (χ3v) is 2.36. The molecule has 1 rings (SSSR count). The lowest BCUT2D eigenvalue weighted by atomic mass is 10.1. The first-order valence-electron chi connectivity index (χ1n) is 6.22. The number of rotatable bonds is 5. The fraction of sp³-hybridized carbons (Fsp3) is 0.357. The molecule has 0 heterocycles. The maximum absolute atomic E-state index is 11.0. The second-order valence-electron chi connectivity index (χ2n) is 4.32. The molecule has 0 spiro atoms. The Kier molecular flexibility index (Phi) is 8.06. The second-order valence-corrected chi connectivity index (χ2v) is 4.32. The average molecular weight is 313 g/mol. The molecule has 22 heavy (non-hydrogen) atoms. The van der Waals surface area contributed by atoms with Crippen LogP contribution in [-0.4, -0.2) is 46.3 Å². The molecule has 8 nitrogen and oxygen atoms in total. The average Bonchev–Trinajstić information content (AvgIpc) is 2.38. The highest BCUT2D eigenvalue weighted by Gasteiger charge is 2.19. The van der Waals surface area contributed by atoms with Gasteiger partial charge in [0.25, 0.3) is 5.97 Å². The Morgan fingerprint density at radius 1 is 1.23 bits per heavy atom. The molecular weight excluding hydrogens is 294 g/mol. The predicted octanol–water partition coefficient (Wildman–Crippen LogP) is 0.624. The van der Waals surface area contributed by atoms with E-state index in [9.17, 15) is 14.7 Å². The zero-order valence-electron chi connectivity index (χ0n) is 12.5. The molecule has 1 amide bonds. The summed E-state index contributed by atoms with van der Waals surface area (Å²) in [5, 5.41) is 28.1. The van der Waals surface area contributed by atoms with Crippen LogP contribution < -0.4 is 10.1 Å². The van der Waals surface area contributed by atoms with E-state index < -0.39 is 23.9 Å². The number of carbonyl (C=O) groups excluding carboxylic acids is 1. The molecule has 8 heteroatoms. The van der Waals surface area contributed by atoms with Gasteiger partial charge in [0.1, 0.15) is 6.04 Å². The molecule has 0 aliphatic heterocycles. The predicted molar refractivity (Wildman–Crippen MR) is 76.9 cm³/mol. The minimum Gasteiger partial charge on any atom is -0.504 e. The minimum atomic E-state index is -1.11. The summed E-state index contributed by atoms with van der Waals surface area (Å²) < 4.78 is 4.92. The first kappa shape index (κ1) is 19.2. The summed E-state index contributed by atoms with van der Waals surface area (Å²) in [6.07, 6.45) is 0.117. The Morgan fingerprint density at radius 3 is 2.18 bits per heavy atom. The lowest BCUT2D eigenvalue weighted by molar-refractivity contribution is -0.141. The number of hydrogen-bond donors (Lipinski definition) is 4. The third kappa shape index (κ3) is 7.73. The zero-order valence-corrected chi connectivity index (χ0v) is 12.5. The summed E-state index contributed by atoms with van der Waals surface area (Å²) in [6.45, 7) is 2.34. The zero-order chi connectivity index (χ0) is 17.3. The number of phenols is 1. The summed E-state index contributed by atoms with van der Waals surface area (Å²) >= 11 is 0. The van der Waals surface area contributed by atoms with Crippen molar-refractivity contribution in [3.05, 3.63) is 23.8 Å².